The van der Waals surface area contributed by atoms with Crippen LogP contribution in [0.1, 0.15) is 33.4 Å². The van der Waals surface area contributed by atoms with Crippen LogP contribution in [-0.2, 0) is 6.42 Å². The fraction of sp³-hybridized carbons (Fsp3) is 0.172. The molecule has 0 fully saturated rings. The number of nitrogen functional groups attached to an aromatic ring is 2. The van der Waals surface area contributed by atoms with E-state index in [9.17, 15) is 0 Å². The Bertz CT molecular complexity index is 1130. The average molecular weight is 439 g/mol. The zero-order chi connectivity index (χ0) is 23.5. The van der Waals surface area contributed by atoms with Gasteiger partial charge in [-0.05, 0) is 116 Å². The van der Waals surface area contributed by atoms with Crippen molar-refractivity contribution in [3.8, 4) is 23.0 Å². The molecular weight excluding hydrogens is 408 g/mol. The van der Waals surface area contributed by atoms with E-state index in [1.54, 1.807) is 0 Å². The van der Waals surface area contributed by atoms with Crippen LogP contribution in [0.3, 0.4) is 0 Å². The summed E-state index contributed by atoms with van der Waals surface area (Å²) in [5.41, 5.74) is 19.9. The van der Waals surface area contributed by atoms with E-state index in [4.69, 9.17) is 20.9 Å². The molecule has 0 saturated heterocycles. The maximum absolute atomic E-state index is 6.14. The van der Waals surface area contributed by atoms with Crippen LogP contribution >= 0.6 is 0 Å². The first-order valence-corrected chi connectivity index (χ1v) is 11.1. The molecule has 4 N–H and O–H groups in total. The van der Waals surface area contributed by atoms with Crippen LogP contribution in [0.2, 0.25) is 0 Å². The summed E-state index contributed by atoms with van der Waals surface area (Å²) in [5.74, 6) is 3.35. The van der Waals surface area contributed by atoms with Gasteiger partial charge in [-0.1, -0.05) is 24.3 Å². The molecule has 0 heterocycles. The molecule has 0 aromatic heterocycles. The third-order valence-corrected chi connectivity index (χ3v) is 5.65. The number of benzene rings is 4. The minimum atomic E-state index is 0.724. The molecule has 168 valence electrons. The van der Waals surface area contributed by atoms with Crippen molar-refractivity contribution >= 4 is 11.4 Å². The fourth-order valence-corrected chi connectivity index (χ4v) is 4.15. The summed E-state index contributed by atoms with van der Waals surface area (Å²) in [6.07, 6.45) is 0.841. The van der Waals surface area contributed by atoms with Crippen molar-refractivity contribution < 1.29 is 9.47 Å². The summed E-state index contributed by atoms with van der Waals surface area (Å²) in [6, 6.07) is 23.7. The zero-order valence-electron chi connectivity index (χ0n) is 19.6. The van der Waals surface area contributed by atoms with Crippen LogP contribution in [-0.4, -0.2) is 0 Å². The number of ether oxygens (including phenoxy) is 2. The van der Waals surface area contributed by atoms with E-state index in [0.717, 1.165) is 63.0 Å². The number of anilines is 2. The Kier molecular flexibility index (Phi) is 6.27. The highest BCUT2D eigenvalue weighted by molar-refractivity contribution is 5.51. The minimum absolute atomic E-state index is 0.724. The maximum Gasteiger partial charge on any atom is 0.133 e. The standard InChI is InChI=1S/C29H30N2O2/c1-18-13-22(14-19(2)28(18)32-26-9-5-24(30)6-10-26)17-23-15-20(3)29(21(4)16-23)33-27-11-7-25(31)8-12-27/h5-16H,17,30-31H2,1-4H3. The molecule has 0 aliphatic heterocycles. The number of rotatable bonds is 6. The summed E-state index contributed by atoms with van der Waals surface area (Å²) in [4.78, 5) is 0. The molecule has 0 aliphatic rings. The van der Waals surface area contributed by atoms with Crippen molar-refractivity contribution in [2.75, 3.05) is 11.5 Å². The normalized spacial score (nSPS) is 10.8. The van der Waals surface area contributed by atoms with Gasteiger partial charge in [0.05, 0.1) is 0 Å². The number of aryl methyl sites for hydroxylation is 4. The molecule has 0 unspecified atom stereocenters. The zero-order valence-corrected chi connectivity index (χ0v) is 19.6. The molecule has 4 heteroatoms. The molecule has 0 bridgehead atoms. The first-order valence-electron chi connectivity index (χ1n) is 11.1. The highest BCUT2D eigenvalue weighted by Gasteiger charge is 2.12. The Morgan fingerprint density at radius 3 is 1.12 bits per heavy atom. The summed E-state index contributed by atoms with van der Waals surface area (Å²) in [5, 5.41) is 0. The highest BCUT2D eigenvalue weighted by atomic mass is 16.5. The Balaban J connectivity index is 1.53. The smallest absolute Gasteiger partial charge is 0.133 e. The minimum Gasteiger partial charge on any atom is -0.457 e. The molecular formula is C29H30N2O2. The molecule has 0 spiro atoms. The third-order valence-electron chi connectivity index (χ3n) is 5.65. The van der Waals surface area contributed by atoms with E-state index in [1.165, 1.54) is 11.1 Å². The Hall–Kier alpha value is -3.92. The predicted molar refractivity (Wildman–Crippen MR) is 136 cm³/mol. The maximum atomic E-state index is 6.14. The first kappa shape index (κ1) is 22.3. The van der Waals surface area contributed by atoms with Gasteiger partial charge in [-0.2, -0.15) is 0 Å². The molecule has 0 aliphatic carbocycles. The summed E-state index contributed by atoms with van der Waals surface area (Å²) < 4.78 is 12.3. The summed E-state index contributed by atoms with van der Waals surface area (Å²) in [7, 11) is 0. The lowest BCUT2D eigenvalue weighted by molar-refractivity contribution is 0.475. The van der Waals surface area contributed by atoms with E-state index in [0.29, 0.717) is 0 Å². The molecule has 0 amide bonds. The quantitative estimate of drug-likeness (QED) is 0.311. The Morgan fingerprint density at radius 1 is 0.515 bits per heavy atom. The molecule has 33 heavy (non-hydrogen) atoms. The Labute approximate surface area is 195 Å². The fourth-order valence-electron chi connectivity index (χ4n) is 4.15. The lowest BCUT2D eigenvalue weighted by Crippen LogP contribution is -1.98. The van der Waals surface area contributed by atoms with Gasteiger partial charge in [0.2, 0.25) is 0 Å². The van der Waals surface area contributed by atoms with Gasteiger partial charge >= 0.3 is 0 Å². The molecule has 4 aromatic carbocycles. The monoisotopic (exact) mass is 438 g/mol. The van der Waals surface area contributed by atoms with Gasteiger partial charge in [0, 0.05) is 11.4 Å². The van der Waals surface area contributed by atoms with Gasteiger partial charge in [0.15, 0.2) is 0 Å². The molecule has 4 nitrogen and oxygen atoms in total. The second kappa shape index (κ2) is 9.29. The number of hydrogen-bond donors (Lipinski definition) is 2. The van der Waals surface area contributed by atoms with Gasteiger partial charge < -0.3 is 20.9 Å². The molecule has 0 radical (unpaired) electrons. The van der Waals surface area contributed by atoms with Crippen LogP contribution in [0.25, 0.3) is 0 Å². The van der Waals surface area contributed by atoms with Gasteiger partial charge in [-0.15, -0.1) is 0 Å². The second-order valence-corrected chi connectivity index (χ2v) is 8.64. The SMILES string of the molecule is Cc1cc(Cc2cc(C)c(Oc3ccc(N)cc3)c(C)c2)cc(C)c1Oc1ccc(N)cc1. The van der Waals surface area contributed by atoms with Crippen LogP contribution in [0.5, 0.6) is 23.0 Å². The third kappa shape index (κ3) is 5.29. The number of hydrogen-bond acceptors (Lipinski definition) is 4. The van der Waals surface area contributed by atoms with Gasteiger partial charge in [-0.3, -0.25) is 0 Å². The average Bonchev–Trinajstić information content (AvgIpc) is 2.76. The molecule has 0 saturated carbocycles. The Morgan fingerprint density at radius 2 is 0.818 bits per heavy atom. The first-order chi connectivity index (χ1) is 15.8. The van der Waals surface area contributed by atoms with E-state index in [-0.39, 0.29) is 0 Å². The second-order valence-electron chi connectivity index (χ2n) is 8.64. The van der Waals surface area contributed by atoms with E-state index < -0.39 is 0 Å². The van der Waals surface area contributed by atoms with Crippen molar-refractivity contribution in [2.24, 2.45) is 0 Å². The van der Waals surface area contributed by atoms with E-state index >= 15 is 0 Å². The van der Waals surface area contributed by atoms with Crippen LogP contribution in [0.15, 0.2) is 72.8 Å². The van der Waals surface area contributed by atoms with Crippen LogP contribution < -0.4 is 20.9 Å². The van der Waals surface area contributed by atoms with E-state index in [1.807, 2.05) is 48.5 Å². The van der Waals surface area contributed by atoms with Crippen molar-refractivity contribution in [3.05, 3.63) is 106 Å². The number of nitrogens with two attached hydrogens (primary N) is 2. The molecule has 4 rings (SSSR count). The van der Waals surface area contributed by atoms with Crippen molar-refractivity contribution in [3.63, 3.8) is 0 Å². The summed E-state index contributed by atoms with van der Waals surface area (Å²) >= 11 is 0. The summed E-state index contributed by atoms with van der Waals surface area (Å²) in [6.45, 7) is 8.35. The molecule has 4 aromatic rings. The lowest BCUT2D eigenvalue weighted by Gasteiger charge is -2.16. The van der Waals surface area contributed by atoms with Crippen molar-refractivity contribution in [1.29, 1.82) is 0 Å². The lowest BCUT2D eigenvalue weighted by atomic mass is 9.97. The van der Waals surface area contributed by atoms with E-state index in [2.05, 4.69) is 52.0 Å². The van der Waals surface area contributed by atoms with Crippen LogP contribution in [0.4, 0.5) is 11.4 Å². The topological polar surface area (TPSA) is 70.5 Å². The molecule has 0 atom stereocenters. The highest BCUT2D eigenvalue weighted by Crippen LogP contribution is 2.33. The largest absolute Gasteiger partial charge is 0.457 e. The van der Waals surface area contributed by atoms with Crippen molar-refractivity contribution in [2.45, 2.75) is 34.1 Å². The van der Waals surface area contributed by atoms with Crippen LogP contribution in [0, 0.1) is 27.7 Å². The van der Waals surface area contributed by atoms with Gasteiger partial charge in [0.1, 0.15) is 23.0 Å². The van der Waals surface area contributed by atoms with Gasteiger partial charge in [-0.25, -0.2) is 0 Å². The predicted octanol–water partition coefficient (Wildman–Crippen LogP) is 7.26. The van der Waals surface area contributed by atoms with Crippen molar-refractivity contribution in [1.82, 2.24) is 0 Å². The van der Waals surface area contributed by atoms with Gasteiger partial charge in [0.25, 0.3) is 0 Å².